The number of halogens is 3. The second-order valence-corrected chi connectivity index (χ2v) is 9.03. The number of aryl methyl sites for hydroxylation is 1. The number of fused-ring (bicyclic) bond motifs is 1. The van der Waals surface area contributed by atoms with Gasteiger partial charge in [0, 0.05) is 55.9 Å². The Balaban J connectivity index is 1.59. The number of alkyl halides is 3. The average Bonchev–Trinajstić information content (AvgIpc) is 3.16. The molecular weight excluding hydrogens is 431 g/mol. The van der Waals surface area contributed by atoms with Crippen LogP contribution in [0.15, 0.2) is 42.5 Å². The molecule has 0 saturated carbocycles. The first kappa shape index (κ1) is 23.1. The van der Waals surface area contributed by atoms with E-state index in [1.807, 2.05) is 41.0 Å². The van der Waals surface area contributed by atoms with Gasteiger partial charge in [0.15, 0.2) is 0 Å². The van der Waals surface area contributed by atoms with E-state index in [2.05, 4.69) is 0 Å². The Kier molecular flexibility index (Phi) is 6.10. The predicted octanol–water partition coefficient (Wildman–Crippen LogP) is 4.50. The van der Waals surface area contributed by atoms with Crippen LogP contribution in [-0.4, -0.2) is 50.7 Å². The zero-order valence-electron chi connectivity index (χ0n) is 18.7. The van der Waals surface area contributed by atoms with Crippen molar-refractivity contribution in [3.05, 3.63) is 64.7 Å². The molecular formula is C25H26F3N3O2. The Hall–Kier alpha value is -3.05. The molecule has 174 valence electrons. The lowest BCUT2D eigenvalue weighted by molar-refractivity contribution is -0.137. The van der Waals surface area contributed by atoms with E-state index in [1.165, 1.54) is 6.07 Å². The minimum absolute atomic E-state index is 0.0257. The standard InChI is InChI=1S/C25H26F3N3O2/c1-17-5-3-4-6-21(17)23(32)31-14-19-13-30(10-9-24(19,15-31)16-33-2)20-8-7-18(12-29)22(11-20)25(26,27)28/h3-8,11,19H,9-10,13-16H2,1-2H3/t19-,24+/m1/s1. The van der Waals surface area contributed by atoms with Gasteiger partial charge in [-0.3, -0.25) is 4.79 Å². The summed E-state index contributed by atoms with van der Waals surface area (Å²) in [5.41, 5.74) is 0.491. The van der Waals surface area contributed by atoms with E-state index in [1.54, 1.807) is 19.2 Å². The molecule has 0 bridgehead atoms. The van der Waals surface area contributed by atoms with E-state index in [0.717, 1.165) is 11.6 Å². The van der Waals surface area contributed by atoms with E-state index >= 15 is 0 Å². The second kappa shape index (κ2) is 8.71. The van der Waals surface area contributed by atoms with Crippen molar-refractivity contribution >= 4 is 11.6 Å². The van der Waals surface area contributed by atoms with Crippen molar-refractivity contribution in [3.63, 3.8) is 0 Å². The van der Waals surface area contributed by atoms with Gasteiger partial charge in [-0.1, -0.05) is 18.2 Å². The molecule has 0 aliphatic carbocycles. The molecule has 2 aromatic rings. The number of likely N-dealkylation sites (tertiary alicyclic amines) is 1. The Labute approximate surface area is 191 Å². The molecule has 5 nitrogen and oxygen atoms in total. The summed E-state index contributed by atoms with van der Waals surface area (Å²) in [6, 6.07) is 13.0. The smallest absolute Gasteiger partial charge is 0.384 e. The molecule has 0 unspecified atom stereocenters. The monoisotopic (exact) mass is 457 g/mol. The fraction of sp³-hybridized carbons (Fsp3) is 0.440. The van der Waals surface area contributed by atoms with Gasteiger partial charge in [0.25, 0.3) is 5.91 Å². The zero-order valence-corrected chi connectivity index (χ0v) is 18.7. The van der Waals surface area contributed by atoms with Gasteiger partial charge in [-0.15, -0.1) is 0 Å². The van der Waals surface area contributed by atoms with Crippen molar-refractivity contribution in [2.45, 2.75) is 19.5 Å². The number of carbonyl (C=O) groups excluding carboxylic acids is 1. The van der Waals surface area contributed by atoms with Crippen molar-refractivity contribution < 1.29 is 22.7 Å². The van der Waals surface area contributed by atoms with Crippen LogP contribution < -0.4 is 4.90 Å². The van der Waals surface area contributed by atoms with E-state index in [9.17, 15) is 18.0 Å². The highest BCUT2D eigenvalue weighted by Gasteiger charge is 2.51. The van der Waals surface area contributed by atoms with E-state index in [-0.39, 0.29) is 22.8 Å². The summed E-state index contributed by atoms with van der Waals surface area (Å²) in [7, 11) is 1.64. The molecule has 2 aromatic carbocycles. The number of piperidine rings is 1. The van der Waals surface area contributed by atoms with Gasteiger partial charge in [0.2, 0.25) is 0 Å². The largest absolute Gasteiger partial charge is 0.417 e. The van der Waals surface area contributed by atoms with Crippen molar-refractivity contribution in [1.29, 1.82) is 5.26 Å². The van der Waals surface area contributed by atoms with E-state index in [4.69, 9.17) is 10.00 Å². The fourth-order valence-electron chi connectivity index (χ4n) is 5.24. The molecule has 0 radical (unpaired) electrons. The van der Waals surface area contributed by atoms with Gasteiger partial charge in [0.05, 0.1) is 23.8 Å². The van der Waals surface area contributed by atoms with Crippen LogP contribution in [0.1, 0.15) is 33.5 Å². The number of methoxy groups -OCH3 is 1. The molecule has 2 aliphatic rings. The molecule has 2 heterocycles. The average molecular weight is 457 g/mol. The van der Waals surface area contributed by atoms with Crippen molar-refractivity contribution in [3.8, 4) is 6.07 Å². The highest BCUT2D eigenvalue weighted by molar-refractivity contribution is 5.95. The van der Waals surface area contributed by atoms with Crippen LogP contribution in [0.25, 0.3) is 0 Å². The number of amides is 1. The number of ether oxygens (including phenoxy) is 1. The zero-order chi connectivity index (χ0) is 23.8. The highest BCUT2D eigenvalue weighted by atomic mass is 19.4. The van der Waals surface area contributed by atoms with Gasteiger partial charge in [0.1, 0.15) is 0 Å². The van der Waals surface area contributed by atoms with Crippen molar-refractivity contribution in [2.24, 2.45) is 11.3 Å². The minimum Gasteiger partial charge on any atom is -0.384 e. The number of carbonyl (C=O) groups is 1. The molecule has 8 heteroatoms. The Morgan fingerprint density at radius 3 is 2.67 bits per heavy atom. The number of nitrogens with zero attached hydrogens (tertiary/aromatic N) is 3. The summed E-state index contributed by atoms with van der Waals surface area (Å²) in [4.78, 5) is 17.0. The third-order valence-corrected chi connectivity index (χ3v) is 7.02. The first-order chi connectivity index (χ1) is 15.7. The van der Waals surface area contributed by atoms with Gasteiger partial charge in [-0.25, -0.2) is 0 Å². The SMILES string of the molecule is COC[C@@]12CCN(c3ccc(C#N)c(C(F)(F)F)c3)C[C@@H]1CN(C(=O)c1ccccc1C)C2. The quantitative estimate of drug-likeness (QED) is 0.679. The summed E-state index contributed by atoms with van der Waals surface area (Å²) in [6.07, 6.45) is -3.90. The highest BCUT2D eigenvalue weighted by Crippen LogP contribution is 2.45. The lowest BCUT2D eigenvalue weighted by Gasteiger charge is -2.44. The maximum Gasteiger partial charge on any atom is 0.417 e. The molecule has 2 atom stereocenters. The lowest BCUT2D eigenvalue weighted by Crippen LogP contribution is -2.49. The molecule has 33 heavy (non-hydrogen) atoms. The third-order valence-electron chi connectivity index (χ3n) is 7.02. The summed E-state index contributed by atoms with van der Waals surface area (Å²) in [5, 5.41) is 9.08. The molecule has 0 aromatic heterocycles. The Bertz CT molecular complexity index is 1100. The van der Waals surface area contributed by atoms with Crippen LogP contribution in [0.4, 0.5) is 18.9 Å². The summed E-state index contributed by atoms with van der Waals surface area (Å²) < 4.78 is 45.9. The molecule has 2 saturated heterocycles. The first-order valence-corrected chi connectivity index (χ1v) is 10.9. The maximum atomic E-state index is 13.5. The van der Waals surface area contributed by atoms with Gasteiger partial charge >= 0.3 is 6.18 Å². The number of anilines is 1. The topological polar surface area (TPSA) is 56.6 Å². The normalized spacial score (nSPS) is 22.7. The summed E-state index contributed by atoms with van der Waals surface area (Å²) in [6.45, 7) is 4.55. The number of rotatable bonds is 4. The van der Waals surface area contributed by atoms with E-state index < -0.39 is 11.7 Å². The van der Waals surface area contributed by atoms with E-state index in [0.29, 0.717) is 50.5 Å². The first-order valence-electron chi connectivity index (χ1n) is 10.9. The maximum absolute atomic E-state index is 13.5. The van der Waals surface area contributed by atoms with Crippen molar-refractivity contribution in [2.75, 3.05) is 44.8 Å². The molecule has 1 amide bonds. The lowest BCUT2D eigenvalue weighted by atomic mass is 9.73. The molecule has 2 aliphatic heterocycles. The third kappa shape index (κ3) is 4.30. The van der Waals surface area contributed by atoms with Crippen LogP contribution in [0.2, 0.25) is 0 Å². The second-order valence-electron chi connectivity index (χ2n) is 9.03. The Morgan fingerprint density at radius 2 is 2.00 bits per heavy atom. The van der Waals surface area contributed by atoms with Crippen LogP contribution in [0.3, 0.4) is 0 Å². The molecule has 2 fully saturated rings. The minimum atomic E-state index is -4.60. The van der Waals surface area contributed by atoms with Crippen LogP contribution >= 0.6 is 0 Å². The fourth-order valence-corrected chi connectivity index (χ4v) is 5.24. The van der Waals surface area contributed by atoms with Crippen LogP contribution in [0, 0.1) is 29.6 Å². The molecule has 0 N–H and O–H groups in total. The number of hydrogen-bond acceptors (Lipinski definition) is 4. The number of benzene rings is 2. The van der Waals surface area contributed by atoms with Gasteiger partial charge in [-0.05, 0) is 43.2 Å². The summed E-state index contributed by atoms with van der Waals surface area (Å²) in [5.74, 6) is 0.0337. The molecule has 0 spiro atoms. The van der Waals surface area contributed by atoms with Gasteiger partial charge < -0.3 is 14.5 Å². The van der Waals surface area contributed by atoms with Crippen LogP contribution in [-0.2, 0) is 10.9 Å². The van der Waals surface area contributed by atoms with Gasteiger partial charge in [-0.2, -0.15) is 18.4 Å². The Morgan fingerprint density at radius 1 is 1.24 bits per heavy atom. The summed E-state index contributed by atoms with van der Waals surface area (Å²) >= 11 is 0. The van der Waals surface area contributed by atoms with Crippen LogP contribution in [0.5, 0.6) is 0 Å². The molecule has 4 rings (SSSR count). The number of hydrogen-bond donors (Lipinski definition) is 0. The number of nitriles is 1. The predicted molar refractivity (Wildman–Crippen MR) is 118 cm³/mol. The van der Waals surface area contributed by atoms with Crippen molar-refractivity contribution in [1.82, 2.24) is 4.90 Å².